The van der Waals surface area contributed by atoms with Gasteiger partial charge in [-0.3, -0.25) is 9.54 Å². The summed E-state index contributed by atoms with van der Waals surface area (Å²) < 4.78 is 36.9. The van der Waals surface area contributed by atoms with Crippen molar-refractivity contribution < 1.29 is 22.0 Å². The summed E-state index contributed by atoms with van der Waals surface area (Å²) in [6.45, 7) is 0.734. The van der Waals surface area contributed by atoms with Crippen molar-refractivity contribution in [3.8, 4) is 11.3 Å². The second-order valence-electron chi connectivity index (χ2n) is 6.19. The Morgan fingerprint density at radius 3 is 2.88 bits per heavy atom. The highest BCUT2D eigenvalue weighted by molar-refractivity contribution is 7.80. The number of piperidine rings is 1. The number of urea groups is 1. The lowest BCUT2D eigenvalue weighted by Crippen LogP contribution is -2.42. The van der Waals surface area contributed by atoms with Gasteiger partial charge in [0.2, 0.25) is 0 Å². The number of rotatable bonds is 5. The molecule has 2 bridgehead atoms. The van der Waals surface area contributed by atoms with Crippen molar-refractivity contribution in [3.05, 3.63) is 30.7 Å². The Balaban J connectivity index is 1.53. The van der Waals surface area contributed by atoms with E-state index in [-0.39, 0.29) is 6.04 Å². The molecule has 2 amide bonds. The lowest BCUT2D eigenvalue weighted by atomic mass is 10.0. The molecular weight excluding hydrogens is 364 g/mol. The van der Waals surface area contributed by atoms with Crippen LogP contribution in [0.15, 0.2) is 30.7 Å². The molecular formula is C14H16N6O5S. The Morgan fingerprint density at radius 1 is 1.31 bits per heavy atom. The molecule has 0 saturated carbocycles. The van der Waals surface area contributed by atoms with Crippen molar-refractivity contribution in [2.75, 3.05) is 6.54 Å². The lowest BCUT2D eigenvalue weighted by Gasteiger charge is -2.30. The van der Waals surface area contributed by atoms with Gasteiger partial charge in [0.1, 0.15) is 0 Å². The van der Waals surface area contributed by atoms with Crippen LogP contribution in [0, 0.1) is 0 Å². The molecule has 2 aromatic rings. The van der Waals surface area contributed by atoms with Crippen molar-refractivity contribution in [2.24, 2.45) is 0 Å². The predicted octanol–water partition coefficient (Wildman–Crippen LogP) is 0.343. The molecule has 0 aliphatic carbocycles. The van der Waals surface area contributed by atoms with Gasteiger partial charge in [-0.1, -0.05) is 5.21 Å². The van der Waals surface area contributed by atoms with Crippen molar-refractivity contribution >= 4 is 16.4 Å². The molecule has 0 radical (unpaired) electrons. The van der Waals surface area contributed by atoms with Gasteiger partial charge >= 0.3 is 16.4 Å². The molecule has 4 rings (SSSR count). The van der Waals surface area contributed by atoms with Gasteiger partial charge in [-0.05, 0) is 25.0 Å². The van der Waals surface area contributed by atoms with Gasteiger partial charge in [0.25, 0.3) is 0 Å². The number of hydroxylamine groups is 2. The lowest BCUT2D eigenvalue weighted by molar-refractivity contribution is -0.0317. The van der Waals surface area contributed by atoms with Crippen LogP contribution in [0.2, 0.25) is 0 Å². The molecule has 0 aromatic carbocycles. The summed E-state index contributed by atoms with van der Waals surface area (Å²) in [6, 6.07) is 2.52. The topological polar surface area (TPSA) is 131 Å². The highest BCUT2D eigenvalue weighted by atomic mass is 32.3. The average molecular weight is 380 g/mol. The second-order valence-corrected chi connectivity index (χ2v) is 7.20. The first-order chi connectivity index (χ1) is 12.4. The zero-order chi connectivity index (χ0) is 18.3. The number of hydrogen-bond donors (Lipinski definition) is 1. The molecule has 2 aromatic heterocycles. The van der Waals surface area contributed by atoms with E-state index in [9.17, 15) is 13.2 Å². The predicted molar refractivity (Wildman–Crippen MR) is 86.6 cm³/mol. The highest BCUT2D eigenvalue weighted by Gasteiger charge is 2.47. The first-order valence-corrected chi connectivity index (χ1v) is 9.34. The summed E-state index contributed by atoms with van der Waals surface area (Å²) in [5.41, 5.74) is 1.63. The average Bonchev–Trinajstić information content (AvgIpc) is 3.16. The Hall–Kier alpha value is -2.57. The van der Waals surface area contributed by atoms with E-state index in [0.29, 0.717) is 25.9 Å². The Labute approximate surface area is 149 Å². The standard InChI is InChI=1S/C14H16N6O5S/c21-14-18-8-12(20(14)25-26(22,23)24)4-3-11(18)9-19-13(7-16-17-19)10-2-1-5-15-6-10/h1-2,5-7,11-12H,3-4,8-9H2,(H,22,23,24). The normalized spacial score (nSPS) is 22.9. The van der Waals surface area contributed by atoms with Crippen LogP contribution in [0.1, 0.15) is 12.8 Å². The van der Waals surface area contributed by atoms with Crippen LogP contribution in [0.4, 0.5) is 4.79 Å². The largest absolute Gasteiger partial charge is 0.418 e. The zero-order valence-electron chi connectivity index (χ0n) is 13.5. The Bertz CT molecular complexity index is 917. The van der Waals surface area contributed by atoms with E-state index in [4.69, 9.17) is 4.55 Å². The summed E-state index contributed by atoms with van der Waals surface area (Å²) in [4.78, 5) is 18.1. The summed E-state index contributed by atoms with van der Waals surface area (Å²) in [7, 11) is -4.75. The smallest absolute Gasteiger partial charge is 0.316 e. The van der Waals surface area contributed by atoms with Crippen LogP contribution in [-0.2, 0) is 21.2 Å². The molecule has 12 heteroatoms. The van der Waals surface area contributed by atoms with E-state index < -0.39 is 22.5 Å². The molecule has 11 nitrogen and oxygen atoms in total. The SMILES string of the molecule is O=C1N2CC(CCC2Cn2nncc2-c2cccnc2)N1OS(=O)(=O)O. The maximum atomic E-state index is 12.5. The van der Waals surface area contributed by atoms with Gasteiger partial charge in [-0.15, -0.1) is 9.38 Å². The van der Waals surface area contributed by atoms with Gasteiger partial charge in [0.05, 0.1) is 30.5 Å². The van der Waals surface area contributed by atoms with Gasteiger partial charge in [-0.2, -0.15) is 13.5 Å². The number of amides is 2. The highest BCUT2D eigenvalue weighted by Crippen LogP contribution is 2.31. The summed E-state index contributed by atoms with van der Waals surface area (Å²) in [6.07, 6.45) is 6.20. The van der Waals surface area contributed by atoms with Crippen LogP contribution in [0.5, 0.6) is 0 Å². The molecule has 2 unspecified atom stereocenters. The molecule has 2 saturated heterocycles. The zero-order valence-corrected chi connectivity index (χ0v) is 14.4. The number of fused-ring (bicyclic) bond motifs is 2. The number of pyridine rings is 1. The Morgan fingerprint density at radius 2 is 2.15 bits per heavy atom. The summed E-state index contributed by atoms with van der Waals surface area (Å²) in [5, 5.41) is 8.77. The van der Waals surface area contributed by atoms with Crippen molar-refractivity contribution in [2.45, 2.75) is 31.5 Å². The van der Waals surface area contributed by atoms with Crippen LogP contribution >= 0.6 is 0 Å². The van der Waals surface area contributed by atoms with Crippen LogP contribution < -0.4 is 0 Å². The minimum absolute atomic E-state index is 0.189. The van der Waals surface area contributed by atoms with E-state index in [0.717, 1.165) is 16.3 Å². The minimum Gasteiger partial charge on any atom is -0.316 e. The number of nitrogens with zero attached hydrogens (tertiary/aromatic N) is 6. The molecule has 0 spiro atoms. The fraction of sp³-hybridized carbons (Fsp3) is 0.429. The quantitative estimate of drug-likeness (QED) is 0.735. The molecule has 4 heterocycles. The van der Waals surface area contributed by atoms with Gasteiger partial charge in [0, 0.05) is 24.5 Å². The van der Waals surface area contributed by atoms with Crippen LogP contribution in [0.25, 0.3) is 11.3 Å². The number of aromatic nitrogens is 4. The van der Waals surface area contributed by atoms with Crippen LogP contribution in [-0.4, -0.2) is 67.6 Å². The number of carbonyl (C=O) groups excluding carboxylic acids is 1. The van der Waals surface area contributed by atoms with E-state index >= 15 is 0 Å². The third-order valence-electron chi connectivity index (χ3n) is 4.58. The third kappa shape index (κ3) is 3.13. The maximum absolute atomic E-state index is 12.5. The first-order valence-electron chi connectivity index (χ1n) is 7.98. The molecule has 2 aliphatic rings. The van der Waals surface area contributed by atoms with Gasteiger partial charge in [0.15, 0.2) is 0 Å². The van der Waals surface area contributed by atoms with E-state index in [1.165, 1.54) is 4.90 Å². The molecule has 2 atom stereocenters. The van der Waals surface area contributed by atoms with Gasteiger partial charge in [-0.25, -0.2) is 9.48 Å². The Kier molecular flexibility index (Phi) is 4.09. The minimum atomic E-state index is -4.75. The fourth-order valence-corrected chi connectivity index (χ4v) is 3.82. The monoisotopic (exact) mass is 380 g/mol. The number of hydrogen-bond acceptors (Lipinski definition) is 7. The molecule has 26 heavy (non-hydrogen) atoms. The summed E-state index contributed by atoms with van der Waals surface area (Å²) >= 11 is 0. The van der Waals surface area contributed by atoms with Gasteiger partial charge < -0.3 is 4.90 Å². The molecule has 1 N–H and O–H groups in total. The number of carbonyl (C=O) groups is 1. The van der Waals surface area contributed by atoms with Crippen molar-refractivity contribution in [1.29, 1.82) is 0 Å². The fourth-order valence-electron chi connectivity index (χ4n) is 3.43. The van der Waals surface area contributed by atoms with Crippen molar-refractivity contribution in [3.63, 3.8) is 0 Å². The van der Waals surface area contributed by atoms with E-state index in [1.807, 2.05) is 12.1 Å². The van der Waals surface area contributed by atoms with Crippen molar-refractivity contribution in [1.82, 2.24) is 29.9 Å². The van der Waals surface area contributed by atoms with E-state index in [1.54, 1.807) is 23.3 Å². The summed E-state index contributed by atoms with van der Waals surface area (Å²) in [5.74, 6) is 0. The maximum Gasteiger partial charge on any atom is 0.418 e. The molecule has 2 aliphatic heterocycles. The molecule has 138 valence electrons. The second kappa shape index (κ2) is 6.30. The molecule has 2 fully saturated rings. The third-order valence-corrected chi connectivity index (χ3v) is 4.93. The van der Waals surface area contributed by atoms with Crippen LogP contribution in [0.3, 0.4) is 0 Å². The van der Waals surface area contributed by atoms with E-state index in [2.05, 4.69) is 19.6 Å². The first kappa shape index (κ1) is 16.9.